The molecular weight excluding hydrogens is 336 g/mol. The van der Waals surface area contributed by atoms with E-state index in [9.17, 15) is 4.79 Å². The molecule has 18 heavy (non-hydrogen) atoms. The summed E-state index contributed by atoms with van der Waals surface area (Å²) >= 11 is 10.9. The Kier molecular flexibility index (Phi) is 4.63. The minimum atomic E-state index is -0.275. The zero-order valence-electron chi connectivity index (χ0n) is 9.24. The molecule has 1 aromatic carbocycles. The normalized spacial score (nSPS) is 10.1. The van der Waals surface area contributed by atoms with Crippen molar-refractivity contribution in [2.75, 3.05) is 5.32 Å². The minimum absolute atomic E-state index is 0.275. The van der Waals surface area contributed by atoms with Gasteiger partial charge in [-0.3, -0.25) is 0 Å². The van der Waals surface area contributed by atoms with E-state index in [4.69, 9.17) is 11.6 Å². The molecule has 0 aliphatic carbocycles. The third-order valence-corrected chi connectivity index (χ3v) is 4.48. The van der Waals surface area contributed by atoms with E-state index in [1.54, 1.807) is 23.5 Å². The number of benzene rings is 1. The minimum Gasteiger partial charge on any atom is -0.333 e. The highest BCUT2D eigenvalue weighted by Crippen LogP contribution is 2.22. The van der Waals surface area contributed by atoms with Crippen LogP contribution >= 0.6 is 38.9 Å². The van der Waals surface area contributed by atoms with Crippen molar-refractivity contribution in [2.24, 2.45) is 0 Å². The second kappa shape index (κ2) is 6.22. The molecule has 0 aliphatic heterocycles. The molecule has 0 radical (unpaired) electrons. The van der Waals surface area contributed by atoms with Crippen LogP contribution in [0, 0.1) is 0 Å². The maximum atomic E-state index is 11.7. The largest absolute Gasteiger partial charge is 0.333 e. The van der Waals surface area contributed by atoms with Gasteiger partial charge >= 0.3 is 6.03 Å². The fourth-order valence-corrected chi connectivity index (χ4v) is 2.96. The van der Waals surface area contributed by atoms with E-state index < -0.39 is 0 Å². The van der Waals surface area contributed by atoms with Gasteiger partial charge in [-0.1, -0.05) is 23.7 Å². The van der Waals surface area contributed by atoms with E-state index in [0.29, 0.717) is 17.3 Å². The van der Waals surface area contributed by atoms with Gasteiger partial charge in [-0.15, -0.1) is 11.3 Å². The first kappa shape index (κ1) is 13.4. The summed E-state index contributed by atoms with van der Waals surface area (Å²) in [5.74, 6) is 0. The van der Waals surface area contributed by atoms with Crippen LogP contribution in [-0.2, 0) is 6.54 Å². The third kappa shape index (κ3) is 3.48. The number of urea groups is 1. The summed E-state index contributed by atoms with van der Waals surface area (Å²) in [6.45, 7) is 0.481. The Balaban J connectivity index is 1.90. The predicted octanol–water partition coefficient (Wildman–Crippen LogP) is 4.49. The topological polar surface area (TPSA) is 41.1 Å². The van der Waals surface area contributed by atoms with E-state index in [-0.39, 0.29) is 6.03 Å². The maximum absolute atomic E-state index is 11.7. The smallest absolute Gasteiger partial charge is 0.319 e. The molecule has 1 aromatic heterocycles. The van der Waals surface area contributed by atoms with Crippen molar-refractivity contribution in [3.8, 4) is 0 Å². The first-order valence-electron chi connectivity index (χ1n) is 5.18. The number of hydrogen-bond donors (Lipinski definition) is 2. The number of rotatable bonds is 3. The lowest BCUT2D eigenvalue weighted by atomic mass is 10.3. The summed E-state index contributed by atoms with van der Waals surface area (Å²) in [6, 6.07) is 8.79. The van der Waals surface area contributed by atoms with Crippen LogP contribution in [0.4, 0.5) is 10.5 Å². The highest BCUT2D eigenvalue weighted by Gasteiger charge is 2.06. The van der Waals surface area contributed by atoms with E-state index in [1.807, 2.05) is 23.6 Å². The van der Waals surface area contributed by atoms with E-state index in [0.717, 1.165) is 9.35 Å². The molecule has 0 saturated carbocycles. The Morgan fingerprint density at radius 3 is 2.78 bits per heavy atom. The molecule has 2 amide bonds. The molecular formula is C12H10BrClN2OS. The van der Waals surface area contributed by atoms with Crippen LogP contribution in [-0.4, -0.2) is 6.03 Å². The van der Waals surface area contributed by atoms with E-state index >= 15 is 0 Å². The Bertz CT molecular complexity index is 559. The standard InChI is InChI=1S/C12H10BrClN2OS/c13-8-5-6-18-11(8)7-15-12(17)16-10-4-2-1-3-9(10)14/h1-6H,7H2,(H2,15,16,17). The van der Waals surface area contributed by atoms with E-state index in [2.05, 4.69) is 26.6 Å². The summed E-state index contributed by atoms with van der Waals surface area (Å²) in [7, 11) is 0. The van der Waals surface area contributed by atoms with Crippen LogP contribution in [0.5, 0.6) is 0 Å². The molecule has 2 aromatic rings. The van der Waals surface area contributed by atoms with Crippen LogP contribution in [0.1, 0.15) is 4.88 Å². The summed E-state index contributed by atoms with van der Waals surface area (Å²) in [5.41, 5.74) is 0.599. The van der Waals surface area contributed by atoms with Crippen LogP contribution in [0.15, 0.2) is 40.2 Å². The second-order valence-electron chi connectivity index (χ2n) is 3.48. The number of carbonyl (C=O) groups excluding carboxylic acids is 1. The van der Waals surface area contributed by atoms with Crippen molar-refractivity contribution >= 4 is 50.6 Å². The molecule has 6 heteroatoms. The van der Waals surface area contributed by atoms with Crippen molar-refractivity contribution in [3.05, 3.63) is 50.1 Å². The number of thiophene rings is 1. The Labute approximate surface area is 122 Å². The maximum Gasteiger partial charge on any atom is 0.319 e. The van der Waals surface area contributed by atoms with Gasteiger partial charge in [0, 0.05) is 9.35 Å². The number of hydrogen-bond acceptors (Lipinski definition) is 2. The second-order valence-corrected chi connectivity index (χ2v) is 5.74. The number of nitrogens with one attached hydrogen (secondary N) is 2. The molecule has 2 rings (SSSR count). The molecule has 0 aliphatic rings. The van der Waals surface area contributed by atoms with Gasteiger partial charge in [-0.05, 0) is 39.5 Å². The number of amides is 2. The molecule has 0 atom stereocenters. The molecule has 0 spiro atoms. The Morgan fingerprint density at radius 1 is 1.33 bits per heavy atom. The van der Waals surface area contributed by atoms with Crippen molar-refractivity contribution in [2.45, 2.75) is 6.54 Å². The van der Waals surface area contributed by atoms with Crippen molar-refractivity contribution in [1.29, 1.82) is 0 Å². The van der Waals surface area contributed by atoms with Crippen molar-refractivity contribution in [3.63, 3.8) is 0 Å². The van der Waals surface area contributed by atoms with E-state index in [1.165, 1.54) is 0 Å². The molecule has 1 heterocycles. The summed E-state index contributed by atoms with van der Waals surface area (Å²) in [6.07, 6.45) is 0. The average Bonchev–Trinajstić information content (AvgIpc) is 2.75. The van der Waals surface area contributed by atoms with Gasteiger partial charge in [0.25, 0.3) is 0 Å². The molecule has 94 valence electrons. The zero-order chi connectivity index (χ0) is 13.0. The molecule has 0 fully saturated rings. The van der Waals surface area contributed by atoms with Gasteiger partial charge in [-0.25, -0.2) is 4.79 Å². The molecule has 0 unspecified atom stereocenters. The first-order chi connectivity index (χ1) is 8.66. The van der Waals surface area contributed by atoms with Gasteiger partial charge < -0.3 is 10.6 Å². The number of anilines is 1. The number of carbonyl (C=O) groups is 1. The monoisotopic (exact) mass is 344 g/mol. The predicted molar refractivity (Wildman–Crippen MR) is 79.3 cm³/mol. The highest BCUT2D eigenvalue weighted by molar-refractivity contribution is 9.10. The van der Waals surface area contributed by atoms with Crippen molar-refractivity contribution in [1.82, 2.24) is 5.32 Å². The Hall–Kier alpha value is -1.04. The summed E-state index contributed by atoms with van der Waals surface area (Å²) in [4.78, 5) is 12.8. The van der Waals surface area contributed by atoms with Gasteiger partial charge in [0.2, 0.25) is 0 Å². The van der Waals surface area contributed by atoms with Gasteiger partial charge in [0.15, 0.2) is 0 Å². The molecule has 0 bridgehead atoms. The highest BCUT2D eigenvalue weighted by atomic mass is 79.9. The van der Waals surface area contributed by atoms with Gasteiger partial charge in [0.1, 0.15) is 0 Å². The zero-order valence-corrected chi connectivity index (χ0v) is 12.4. The summed E-state index contributed by atoms with van der Waals surface area (Å²) < 4.78 is 1.01. The third-order valence-electron chi connectivity index (χ3n) is 2.22. The fraction of sp³-hybridized carbons (Fsp3) is 0.0833. The van der Waals surface area contributed by atoms with Gasteiger partial charge in [-0.2, -0.15) is 0 Å². The summed E-state index contributed by atoms with van der Waals surface area (Å²) in [5, 5.41) is 7.96. The van der Waals surface area contributed by atoms with Crippen LogP contribution in [0.3, 0.4) is 0 Å². The molecule has 0 saturated heterocycles. The number of para-hydroxylation sites is 1. The Morgan fingerprint density at radius 2 is 2.11 bits per heavy atom. The molecule has 2 N–H and O–H groups in total. The van der Waals surface area contributed by atoms with Crippen LogP contribution in [0.2, 0.25) is 5.02 Å². The quantitative estimate of drug-likeness (QED) is 0.845. The van der Waals surface area contributed by atoms with Crippen molar-refractivity contribution < 1.29 is 4.79 Å². The SMILES string of the molecule is O=C(NCc1sccc1Br)Nc1ccccc1Cl. The lowest BCUT2D eigenvalue weighted by Crippen LogP contribution is -2.28. The first-order valence-corrected chi connectivity index (χ1v) is 7.23. The average molecular weight is 346 g/mol. The van der Waals surface area contributed by atoms with Crippen LogP contribution in [0.25, 0.3) is 0 Å². The fourth-order valence-electron chi connectivity index (χ4n) is 1.34. The molecule has 3 nitrogen and oxygen atoms in total. The lowest BCUT2D eigenvalue weighted by Gasteiger charge is -2.08. The van der Waals surface area contributed by atoms with Gasteiger partial charge in [0.05, 0.1) is 17.3 Å². The van der Waals surface area contributed by atoms with Crippen LogP contribution < -0.4 is 10.6 Å². The number of halogens is 2. The lowest BCUT2D eigenvalue weighted by molar-refractivity contribution is 0.252.